The topological polar surface area (TPSA) is 15.3 Å². The molecule has 0 aromatic heterocycles. The number of hydrazine groups is 1. The maximum absolute atomic E-state index is 3.33. The van der Waals surface area contributed by atoms with E-state index in [-0.39, 0.29) is 0 Å². The van der Waals surface area contributed by atoms with Crippen LogP contribution in [0.5, 0.6) is 0 Å². The number of hydrogen-bond acceptors (Lipinski definition) is 2. The third-order valence-electron chi connectivity index (χ3n) is 2.04. The van der Waals surface area contributed by atoms with Gasteiger partial charge in [0.25, 0.3) is 0 Å². The Morgan fingerprint density at radius 3 is 3.33 bits per heavy atom. The van der Waals surface area contributed by atoms with E-state index in [2.05, 4.69) is 22.6 Å². The number of rotatable bonds is 0. The van der Waals surface area contributed by atoms with Gasteiger partial charge in [0.1, 0.15) is 0 Å². The van der Waals surface area contributed by atoms with Gasteiger partial charge in [-0.25, -0.2) is 5.01 Å². The van der Waals surface area contributed by atoms with E-state index in [1.807, 2.05) is 0 Å². The fraction of sp³-hybridized carbons (Fsp3) is 0.714. The second-order valence-corrected chi connectivity index (χ2v) is 2.79. The molecule has 0 saturated carbocycles. The number of nitrogens with zero attached hydrogens (tertiary/aromatic N) is 1. The molecule has 2 nitrogen and oxygen atoms in total. The van der Waals surface area contributed by atoms with Gasteiger partial charge in [-0.1, -0.05) is 12.2 Å². The molecule has 1 saturated heterocycles. The summed E-state index contributed by atoms with van der Waals surface area (Å²) in [5, 5.41) is 2.29. The Morgan fingerprint density at radius 1 is 1.56 bits per heavy atom. The van der Waals surface area contributed by atoms with Crippen molar-refractivity contribution < 1.29 is 0 Å². The number of fused-ring (bicyclic) bond motifs is 2. The second-order valence-electron chi connectivity index (χ2n) is 2.79. The zero-order valence-electron chi connectivity index (χ0n) is 5.51. The van der Waals surface area contributed by atoms with Gasteiger partial charge in [-0.2, -0.15) is 0 Å². The Hall–Kier alpha value is -0.340. The van der Waals surface area contributed by atoms with Crippen molar-refractivity contribution in [3.8, 4) is 0 Å². The summed E-state index contributed by atoms with van der Waals surface area (Å²) in [6, 6.07) is 0. The minimum absolute atomic E-state index is 0.833. The highest BCUT2D eigenvalue weighted by Crippen LogP contribution is 2.14. The normalized spacial score (nSPS) is 40.9. The molecule has 1 fully saturated rings. The van der Waals surface area contributed by atoms with E-state index < -0.39 is 0 Å². The van der Waals surface area contributed by atoms with Crippen molar-refractivity contribution in [3.63, 3.8) is 0 Å². The van der Waals surface area contributed by atoms with Crippen LogP contribution in [0.3, 0.4) is 0 Å². The molecule has 0 radical (unpaired) electrons. The van der Waals surface area contributed by atoms with Crippen molar-refractivity contribution in [2.24, 2.45) is 5.92 Å². The Labute approximate surface area is 55.5 Å². The van der Waals surface area contributed by atoms with E-state index in [0.29, 0.717) is 0 Å². The molecule has 2 heterocycles. The summed E-state index contributed by atoms with van der Waals surface area (Å²) in [5.74, 6) is 0.833. The smallest absolute Gasteiger partial charge is 0.0312 e. The summed E-state index contributed by atoms with van der Waals surface area (Å²) in [7, 11) is 0. The van der Waals surface area contributed by atoms with E-state index in [9.17, 15) is 0 Å². The minimum atomic E-state index is 0.833. The highest BCUT2D eigenvalue weighted by atomic mass is 15.5. The van der Waals surface area contributed by atoms with Gasteiger partial charge in [-0.15, -0.1) is 0 Å². The molecule has 2 rings (SSSR count). The van der Waals surface area contributed by atoms with E-state index in [1.54, 1.807) is 0 Å². The molecule has 0 aliphatic carbocycles. The SMILES string of the molecule is C1=CC2CCNN(C1)C2. The average molecular weight is 124 g/mol. The van der Waals surface area contributed by atoms with Crippen molar-refractivity contribution in [2.45, 2.75) is 6.42 Å². The molecule has 9 heavy (non-hydrogen) atoms. The fourth-order valence-electron chi connectivity index (χ4n) is 1.52. The largest absolute Gasteiger partial charge is 0.255 e. The first kappa shape index (κ1) is 5.45. The molecule has 0 spiro atoms. The van der Waals surface area contributed by atoms with Crippen LogP contribution in [-0.4, -0.2) is 24.6 Å². The summed E-state index contributed by atoms with van der Waals surface area (Å²) in [5.41, 5.74) is 3.33. The molecule has 0 aromatic rings. The van der Waals surface area contributed by atoms with Crippen LogP contribution in [0.15, 0.2) is 12.2 Å². The molecule has 2 aliphatic heterocycles. The molecule has 2 atom stereocenters. The van der Waals surface area contributed by atoms with Crippen LogP contribution in [0.2, 0.25) is 0 Å². The van der Waals surface area contributed by atoms with Gasteiger partial charge in [0.2, 0.25) is 0 Å². The van der Waals surface area contributed by atoms with E-state index in [0.717, 1.165) is 19.0 Å². The zero-order valence-corrected chi connectivity index (χ0v) is 5.51. The Kier molecular flexibility index (Phi) is 1.28. The quantitative estimate of drug-likeness (QED) is 0.470. The molecule has 2 bridgehead atoms. The van der Waals surface area contributed by atoms with Gasteiger partial charge < -0.3 is 0 Å². The first-order valence-electron chi connectivity index (χ1n) is 3.60. The van der Waals surface area contributed by atoms with Crippen molar-refractivity contribution >= 4 is 0 Å². The molecule has 0 amide bonds. The molecule has 2 heteroatoms. The van der Waals surface area contributed by atoms with E-state index in [4.69, 9.17) is 0 Å². The standard InChI is InChI=1S/C7H12N2/c1-2-7-3-4-8-9(5-1)6-7/h1-2,7-8H,3-6H2. The van der Waals surface area contributed by atoms with Crippen molar-refractivity contribution in [3.05, 3.63) is 12.2 Å². The van der Waals surface area contributed by atoms with Crippen LogP contribution in [0.1, 0.15) is 6.42 Å². The number of hydrogen-bond donors (Lipinski definition) is 1. The van der Waals surface area contributed by atoms with Gasteiger partial charge in [-0.05, 0) is 12.3 Å². The van der Waals surface area contributed by atoms with Gasteiger partial charge >= 0.3 is 0 Å². The first-order chi connectivity index (χ1) is 4.45. The predicted octanol–water partition coefficient (Wildman–Crippen LogP) is 0.383. The maximum atomic E-state index is 3.33. The maximum Gasteiger partial charge on any atom is 0.0312 e. The third kappa shape index (κ3) is 1.00. The minimum Gasteiger partial charge on any atom is -0.255 e. The average Bonchev–Trinajstić information content (AvgIpc) is 1.88. The van der Waals surface area contributed by atoms with Crippen molar-refractivity contribution in [1.29, 1.82) is 0 Å². The van der Waals surface area contributed by atoms with Crippen LogP contribution in [0.25, 0.3) is 0 Å². The molecule has 1 N–H and O–H groups in total. The predicted molar refractivity (Wildman–Crippen MR) is 36.8 cm³/mol. The van der Waals surface area contributed by atoms with Gasteiger partial charge in [0.05, 0.1) is 0 Å². The van der Waals surface area contributed by atoms with Crippen LogP contribution < -0.4 is 5.43 Å². The lowest BCUT2D eigenvalue weighted by molar-refractivity contribution is 0.134. The van der Waals surface area contributed by atoms with Crippen LogP contribution in [0, 0.1) is 5.92 Å². The first-order valence-corrected chi connectivity index (χ1v) is 3.60. The summed E-state index contributed by atoms with van der Waals surface area (Å²) in [4.78, 5) is 0. The summed E-state index contributed by atoms with van der Waals surface area (Å²) in [6.07, 6.45) is 5.91. The summed E-state index contributed by atoms with van der Waals surface area (Å²) in [6.45, 7) is 3.47. The summed E-state index contributed by atoms with van der Waals surface area (Å²) >= 11 is 0. The van der Waals surface area contributed by atoms with E-state index in [1.165, 1.54) is 13.0 Å². The lowest BCUT2D eigenvalue weighted by Crippen LogP contribution is -2.48. The van der Waals surface area contributed by atoms with Gasteiger partial charge in [-0.3, -0.25) is 5.43 Å². The van der Waals surface area contributed by atoms with E-state index >= 15 is 0 Å². The highest BCUT2D eigenvalue weighted by molar-refractivity contribution is 4.97. The molecule has 50 valence electrons. The Morgan fingerprint density at radius 2 is 2.56 bits per heavy atom. The molecule has 0 aromatic carbocycles. The molecule has 2 unspecified atom stereocenters. The molecule has 2 aliphatic rings. The third-order valence-corrected chi connectivity index (χ3v) is 2.04. The Bertz CT molecular complexity index is 131. The van der Waals surface area contributed by atoms with Gasteiger partial charge in [0, 0.05) is 19.6 Å². The zero-order chi connectivity index (χ0) is 6.10. The second kappa shape index (κ2) is 2.12. The van der Waals surface area contributed by atoms with Gasteiger partial charge in [0.15, 0.2) is 0 Å². The van der Waals surface area contributed by atoms with Crippen LogP contribution >= 0.6 is 0 Å². The van der Waals surface area contributed by atoms with Crippen LogP contribution in [0.4, 0.5) is 0 Å². The monoisotopic (exact) mass is 124 g/mol. The molecular formula is C7H12N2. The number of nitrogens with one attached hydrogen (secondary N) is 1. The van der Waals surface area contributed by atoms with Crippen molar-refractivity contribution in [1.82, 2.24) is 10.4 Å². The lowest BCUT2D eigenvalue weighted by atomic mass is 10.0. The highest BCUT2D eigenvalue weighted by Gasteiger charge is 2.18. The molecular weight excluding hydrogens is 112 g/mol. The van der Waals surface area contributed by atoms with Crippen LogP contribution in [-0.2, 0) is 0 Å². The fourth-order valence-corrected chi connectivity index (χ4v) is 1.52. The summed E-state index contributed by atoms with van der Waals surface area (Å²) < 4.78 is 0. The van der Waals surface area contributed by atoms with Crippen molar-refractivity contribution in [2.75, 3.05) is 19.6 Å². The lowest BCUT2D eigenvalue weighted by Gasteiger charge is -2.34. The Balaban J connectivity index is 2.09.